The van der Waals surface area contributed by atoms with E-state index >= 15 is 0 Å². The van der Waals surface area contributed by atoms with Crippen LogP contribution in [0.5, 0.6) is 0 Å². The maximum Gasteiger partial charge on any atom is 0.242 e. The third kappa shape index (κ3) is 3.61. The van der Waals surface area contributed by atoms with Crippen LogP contribution in [0.25, 0.3) is 0 Å². The Morgan fingerprint density at radius 1 is 1.08 bits per heavy atom. The van der Waals surface area contributed by atoms with Gasteiger partial charge in [-0.05, 0) is 29.7 Å². The van der Waals surface area contributed by atoms with Gasteiger partial charge in [0.15, 0.2) is 0 Å². The highest BCUT2D eigenvalue weighted by atomic mass is 35.5. The van der Waals surface area contributed by atoms with E-state index in [9.17, 15) is 13.2 Å². The Bertz CT molecular complexity index is 868. The van der Waals surface area contributed by atoms with Crippen molar-refractivity contribution in [2.45, 2.75) is 17.9 Å². The van der Waals surface area contributed by atoms with Gasteiger partial charge in [0, 0.05) is 13.1 Å². The van der Waals surface area contributed by atoms with Gasteiger partial charge in [0.1, 0.15) is 4.90 Å². The number of hydrogen-bond acceptors (Lipinski definition) is 3. The minimum atomic E-state index is -3.81. The van der Waals surface area contributed by atoms with Crippen LogP contribution in [0.3, 0.4) is 0 Å². The van der Waals surface area contributed by atoms with Gasteiger partial charge in [0.25, 0.3) is 0 Å². The van der Waals surface area contributed by atoms with E-state index in [4.69, 9.17) is 11.6 Å². The van der Waals surface area contributed by atoms with Crippen molar-refractivity contribution in [1.29, 1.82) is 0 Å². The standard InChI is InChI=1S/C17H17ClN2O3S/c18-15-7-3-4-8-16(15)24(22,23)19-11-17(21)20-10-9-13-5-1-2-6-14(13)12-20/h1-8,19H,9-12H2. The third-order valence-electron chi connectivity index (χ3n) is 4.02. The fraction of sp³-hybridized carbons (Fsp3) is 0.235. The molecule has 5 nitrogen and oxygen atoms in total. The Kier molecular flexibility index (Phi) is 4.89. The molecule has 0 saturated carbocycles. The molecule has 0 bridgehead atoms. The zero-order valence-corrected chi connectivity index (χ0v) is 14.5. The first-order valence-corrected chi connectivity index (χ1v) is 9.42. The predicted molar refractivity (Wildman–Crippen MR) is 92.2 cm³/mol. The summed E-state index contributed by atoms with van der Waals surface area (Å²) in [6.45, 7) is 0.808. The number of rotatable bonds is 4. The highest BCUT2D eigenvalue weighted by Crippen LogP contribution is 2.21. The van der Waals surface area contributed by atoms with Crippen LogP contribution in [0.4, 0.5) is 0 Å². The van der Waals surface area contributed by atoms with Crippen LogP contribution >= 0.6 is 11.6 Å². The summed E-state index contributed by atoms with van der Waals surface area (Å²) in [5.41, 5.74) is 2.34. The average Bonchev–Trinajstić information content (AvgIpc) is 2.59. The van der Waals surface area contributed by atoms with Gasteiger partial charge < -0.3 is 4.90 Å². The van der Waals surface area contributed by atoms with Crippen molar-refractivity contribution in [2.24, 2.45) is 0 Å². The number of amides is 1. The summed E-state index contributed by atoms with van der Waals surface area (Å²) < 4.78 is 26.9. The van der Waals surface area contributed by atoms with E-state index < -0.39 is 10.0 Å². The van der Waals surface area contributed by atoms with E-state index in [1.165, 1.54) is 17.7 Å². The van der Waals surface area contributed by atoms with E-state index in [0.717, 1.165) is 12.0 Å². The highest BCUT2D eigenvalue weighted by molar-refractivity contribution is 7.89. The van der Waals surface area contributed by atoms with Gasteiger partial charge in [0.2, 0.25) is 15.9 Å². The highest BCUT2D eigenvalue weighted by Gasteiger charge is 2.23. The molecule has 0 unspecified atom stereocenters. The van der Waals surface area contributed by atoms with Gasteiger partial charge in [-0.1, -0.05) is 48.0 Å². The van der Waals surface area contributed by atoms with Crippen LogP contribution in [-0.2, 0) is 27.8 Å². The van der Waals surface area contributed by atoms with Gasteiger partial charge in [-0.25, -0.2) is 13.1 Å². The first-order chi connectivity index (χ1) is 11.5. The summed E-state index contributed by atoms with van der Waals surface area (Å²) in [7, 11) is -3.81. The van der Waals surface area contributed by atoms with Crippen molar-refractivity contribution in [1.82, 2.24) is 9.62 Å². The van der Waals surface area contributed by atoms with Gasteiger partial charge >= 0.3 is 0 Å². The quantitative estimate of drug-likeness (QED) is 0.904. The Morgan fingerprint density at radius 2 is 1.75 bits per heavy atom. The van der Waals surface area contributed by atoms with Crippen molar-refractivity contribution >= 4 is 27.5 Å². The molecule has 1 aliphatic rings. The Labute approximate surface area is 146 Å². The smallest absolute Gasteiger partial charge is 0.242 e. The second-order valence-electron chi connectivity index (χ2n) is 5.59. The molecular formula is C17H17ClN2O3S. The molecule has 126 valence electrons. The van der Waals surface area contributed by atoms with Crippen molar-refractivity contribution in [3.05, 3.63) is 64.7 Å². The summed E-state index contributed by atoms with van der Waals surface area (Å²) in [5.74, 6) is -0.250. The second-order valence-corrected chi connectivity index (χ2v) is 7.73. The molecule has 0 spiro atoms. The molecule has 24 heavy (non-hydrogen) atoms. The number of carbonyl (C=O) groups excluding carboxylic acids is 1. The van der Waals surface area contributed by atoms with E-state index in [1.54, 1.807) is 17.0 Å². The minimum Gasteiger partial charge on any atom is -0.337 e. The number of nitrogens with one attached hydrogen (secondary N) is 1. The molecule has 2 aromatic carbocycles. The molecule has 0 atom stereocenters. The van der Waals surface area contributed by atoms with Crippen molar-refractivity contribution in [2.75, 3.05) is 13.1 Å². The molecule has 0 aliphatic carbocycles. The van der Waals surface area contributed by atoms with Crippen molar-refractivity contribution < 1.29 is 13.2 Å². The molecule has 3 rings (SSSR count). The fourth-order valence-corrected chi connectivity index (χ4v) is 4.21. The van der Waals surface area contributed by atoms with Gasteiger partial charge in [-0.15, -0.1) is 0 Å². The van der Waals surface area contributed by atoms with Gasteiger partial charge in [-0.3, -0.25) is 4.79 Å². The summed E-state index contributed by atoms with van der Waals surface area (Å²) in [6, 6.07) is 14.1. The molecule has 1 heterocycles. The van der Waals surface area contributed by atoms with Crippen LogP contribution in [0.2, 0.25) is 5.02 Å². The van der Waals surface area contributed by atoms with E-state index in [2.05, 4.69) is 10.8 Å². The van der Waals surface area contributed by atoms with Gasteiger partial charge in [-0.2, -0.15) is 0 Å². The van der Waals surface area contributed by atoms with E-state index in [1.807, 2.05) is 18.2 Å². The van der Waals surface area contributed by atoms with Crippen molar-refractivity contribution in [3.8, 4) is 0 Å². The molecule has 1 N–H and O–H groups in total. The van der Waals surface area contributed by atoms with E-state index in [-0.39, 0.29) is 22.4 Å². The molecule has 2 aromatic rings. The molecule has 1 amide bonds. The lowest BCUT2D eigenvalue weighted by Gasteiger charge is -2.29. The summed E-state index contributed by atoms with van der Waals surface area (Å²) in [4.78, 5) is 14.0. The number of nitrogens with zero attached hydrogens (tertiary/aromatic N) is 1. The lowest BCUT2D eigenvalue weighted by molar-refractivity contribution is -0.130. The minimum absolute atomic E-state index is 0.0246. The predicted octanol–water partition coefficient (Wildman–Crippen LogP) is 2.20. The molecule has 0 saturated heterocycles. The van der Waals surface area contributed by atoms with Crippen LogP contribution in [0.15, 0.2) is 53.4 Å². The maximum atomic E-state index is 12.3. The molecule has 0 fully saturated rings. The zero-order valence-electron chi connectivity index (χ0n) is 12.9. The number of fused-ring (bicyclic) bond motifs is 1. The number of sulfonamides is 1. The first-order valence-electron chi connectivity index (χ1n) is 7.56. The Balaban J connectivity index is 1.65. The maximum absolute atomic E-state index is 12.3. The van der Waals surface area contributed by atoms with Crippen LogP contribution in [0.1, 0.15) is 11.1 Å². The summed E-state index contributed by atoms with van der Waals surface area (Å²) in [5, 5.41) is 0.129. The SMILES string of the molecule is O=C(CNS(=O)(=O)c1ccccc1Cl)N1CCc2ccccc2C1. The Hall–Kier alpha value is -1.89. The lowest BCUT2D eigenvalue weighted by atomic mass is 10.00. The lowest BCUT2D eigenvalue weighted by Crippen LogP contribution is -2.42. The monoisotopic (exact) mass is 364 g/mol. The average molecular weight is 365 g/mol. The molecule has 7 heteroatoms. The number of benzene rings is 2. The first kappa shape index (κ1) is 17.0. The molecule has 1 aliphatic heterocycles. The number of hydrogen-bond donors (Lipinski definition) is 1. The van der Waals surface area contributed by atoms with Gasteiger partial charge in [0.05, 0.1) is 11.6 Å². The molecule has 0 radical (unpaired) electrons. The van der Waals surface area contributed by atoms with Crippen LogP contribution in [0, 0.1) is 0 Å². The summed E-state index contributed by atoms with van der Waals surface area (Å²) in [6.07, 6.45) is 0.777. The normalized spacial score (nSPS) is 14.3. The summed E-state index contributed by atoms with van der Waals surface area (Å²) >= 11 is 5.91. The van der Waals surface area contributed by atoms with Crippen LogP contribution < -0.4 is 4.72 Å². The topological polar surface area (TPSA) is 66.5 Å². The number of halogens is 1. The van der Waals surface area contributed by atoms with Crippen molar-refractivity contribution in [3.63, 3.8) is 0 Å². The number of carbonyl (C=O) groups is 1. The zero-order chi connectivity index (χ0) is 17.2. The third-order valence-corrected chi connectivity index (χ3v) is 5.92. The Morgan fingerprint density at radius 3 is 2.50 bits per heavy atom. The second kappa shape index (κ2) is 6.93. The molecule has 0 aromatic heterocycles. The fourth-order valence-electron chi connectivity index (χ4n) is 2.72. The van der Waals surface area contributed by atoms with E-state index in [0.29, 0.717) is 13.1 Å². The van der Waals surface area contributed by atoms with Crippen LogP contribution in [-0.4, -0.2) is 32.3 Å². The largest absolute Gasteiger partial charge is 0.337 e. The molecular weight excluding hydrogens is 348 g/mol.